The largest absolute Gasteiger partial charge is 0.505 e. The van der Waals surface area contributed by atoms with E-state index < -0.39 is 0 Å². The van der Waals surface area contributed by atoms with Crippen molar-refractivity contribution in [2.24, 2.45) is 0 Å². The monoisotopic (exact) mass is 259 g/mol. The summed E-state index contributed by atoms with van der Waals surface area (Å²) in [5.41, 5.74) is 1.55. The van der Waals surface area contributed by atoms with Gasteiger partial charge >= 0.3 is 0 Å². The average Bonchev–Trinajstić information content (AvgIpc) is 2.82. The van der Waals surface area contributed by atoms with Gasteiger partial charge in [-0.05, 0) is 13.3 Å². The van der Waals surface area contributed by atoms with Crippen LogP contribution in [0.25, 0.3) is 0 Å². The van der Waals surface area contributed by atoms with Crippen molar-refractivity contribution in [3.05, 3.63) is 15.6 Å². The lowest BCUT2D eigenvalue weighted by molar-refractivity contribution is 0.238. The van der Waals surface area contributed by atoms with E-state index in [1.807, 2.05) is 6.92 Å². The Labute approximate surface area is 104 Å². The van der Waals surface area contributed by atoms with Crippen LogP contribution in [-0.2, 0) is 0 Å². The number of halogens is 2. The number of phenolic OH excluding ortho intramolecular Hbond substituents is 1. The van der Waals surface area contributed by atoms with Gasteiger partial charge in [0.25, 0.3) is 0 Å². The van der Waals surface area contributed by atoms with Crippen molar-refractivity contribution < 1.29 is 9.84 Å². The number of hydrogen-bond acceptors (Lipinski definition) is 3. The maximum atomic E-state index is 9.83. The molecule has 2 aliphatic rings. The number of hydrogen-bond donors (Lipinski definition) is 1. The zero-order valence-electron chi connectivity index (χ0n) is 8.76. The van der Waals surface area contributed by atoms with Gasteiger partial charge in [-0.3, -0.25) is 0 Å². The Bertz CT molecular complexity index is 476. The van der Waals surface area contributed by atoms with E-state index in [4.69, 9.17) is 27.9 Å². The molecule has 0 radical (unpaired) electrons. The Hall–Kier alpha value is -0.800. The van der Waals surface area contributed by atoms with E-state index in [2.05, 4.69) is 4.90 Å². The summed E-state index contributed by atoms with van der Waals surface area (Å²) >= 11 is 12.1. The second-order valence-corrected chi connectivity index (χ2v) is 4.94. The van der Waals surface area contributed by atoms with Crippen LogP contribution in [0.3, 0.4) is 0 Å². The Kier molecular flexibility index (Phi) is 2.17. The maximum Gasteiger partial charge on any atom is 0.172 e. The van der Waals surface area contributed by atoms with Crippen LogP contribution in [-0.4, -0.2) is 17.9 Å². The zero-order valence-corrected chi connectivity index (χ0v) is 10.3. The van der Waals surface area contributed by atoms with Crippen LogP contribution in [0.1, 0.15) is 18.4 Å². The number of ether oxygens (including phenoxy) is 1. The van der Waals surface area contributed by atoms with Crippen molar-refractivity contribution in [2.75, 3.05) is 11.4 Å². The van der Waals surface area contributed by atoms with Crippen LogP contribution in [0, 0.1) is 6.92 Å². The van der Waals surface area contributed by atoms with Gasteiger partial charge in [-0.1, -0.05) is 23.2 Å². The van der Waals surface area contributed by atoms with Gasteiger partial charge in [0, 0.05) is 18.5 Å². The highest BCUT2D eigenvalue weighted by molar-refractivity contribution is 6.40. The van der Waals surface area contributed by atoms with Crippen molar-refractivity contribution in [1.82, 2.24) is 0 Å². The van der Waals surface area contributed by atoms with Gasteiger partial charge in [0.1, 0.15) is 10.7 Å². The third-order valence-electron chi connectivity index (χ3n) is 3.25. The molecular weight excluding hydrogens is 249 g/mol. The molecule has 3 rings (SSSR count). The lowest BCUT2D eigenvalue weighted by atomic mass is 10.1. The number of fused-ring (bicyclic) bond motifs is 3. The molecule has 1 atom stereocenters. The smallest absolute Gasteiger partial charge is 0.172 e. The SMILES string of the molecule is Cc1c(Cl)c(O)c(Cl)c2c1OC1CCCN21. The second kappa shape index (κ2) is 3.34. The van der Waals surface area contributed by atoms with Crippen LogP contribution in [0.5, 0.6) is 11.5 Å². The first-order valence-electron chi connectivity index (χ1n) is 5.25. The molecule has 1 aromatic carbocycles. The Morgan fingerprint density at radius 1 is 1.38 bits per heavy atom. The number of benzene rings is 1. The van der Waals surface area contributed by atoms with Gasteiger partial charge in [0.15, 0.2) is 17.7 Å². The van der Waals surface area contributed by atoms with Gasteiger partial charge in [-0.25, -0.2) is 0 Å². The average molecular weight is 260 g/mol. The summed E-state index contributed by atoms with van der Waals surface area (Å²) in [6.07, 6.45) is 2.13. The van der Waals surface area contributed by atoms with Gasteiger partial charge < -0.3 is 14.7 Å². The lowest BCUT2D eigenvalue weighted by Crippen LogP contribution is -2.27. The van der Waals surface area contributed by atoms with Crippen LogP contribution in [0.15, 0.2) is 0 Å². The van der Waals surface area contributed by atoms with E-state index in [1.165, 1.54) is 0 Å². The molecule has 0 saturated carbocycles. The minimum atomic E-state index is -0.0456. The molecule has 0 bridgehead atoms. The molecule has 3 nitrogen and oxygen atoms in total. The van der Waals surface area contributed by atoms with Gasteiger partial charge in [-0.2, -0.15) is 0 Å². The van der Waals surface area contributed by atoms with Crippen molar-refractivity contribution >= 4 is 28.9 Å². The molecule has 1 saturated heterocycles. The second-order valence-electron chi connectivity index (χ2n) is 4.19. The lowest BCUT2D eigenvalue weighted by Gasteiger charge is -2.17. The first-order valence-corrected chi connectivity index (χ1v) is 6.00. The van der Waals surface area contributed by atoms with Gasteiger partial charge in [-0.15, -0.1) is 0 Å². The topological polar surface area (TPSA) is 32.7 Å². The highest BCUT2D eigenvalue weighted by atomic mass is 35.5. The van der Waals surface area contributed by atoms with Crippen LogP contribution in [0.4, 0.5) is 5.69 Å². The highest BCUT2D eigenvalue weighted by Crippen LogP contribution is 2.54. The molecule has 2 aliphatic heterocycles. The molecule has 1 aromatic rings. The van der Waals surface area contributed by atoms with Crippen molar-refractivity contribution in [2.45, 2.75) is 26.0 Å². The quantitative estimate of drug-likeness (QED) is 0.776. The van der Waals surface area contributed by atoms with Crippen molar-refractivity contribution in [3.8, 4) is 11.5 Å². The number of phenols is 1. The first-order chi connectivity index (χ1) is 7.61. The van der Waals surface area contributed by atoms with E-state index in [1.54, 1.807) is 0 Å². The molecule has 86 valence electrons. The normalized spacial score (nSPS) is 21.9. The van der Waals surface area contributed by atoms with E-state index in [9.17, 15) is 5.11 Å². The molecule has 1 fully saturated rings. The van der Waals surface area contributed by atoms with E-state index in [0.717, 1.165) is 36.4 Å². The fraction of sp³-hybridized carbons (Fsp3) is 0.455. The highest BCUT2D eigenvalue weighted by Gasteiger charge is 2.39. The zero-order chi connectivity index (χ0) is 11.4. The Morgan fingerprint density at radius 2 is 2.12 bits per heavy atom. The molecule has 1 N–H and O–H groups in total. The number of aromatic hydroxyl groups is 1. The summed E-state index contributed by atoms with van der Waals surface area (Å²) < 4.78 is 5.82. The summed E-state index contributed by atoms with van der Waals surface area (Å²) in [7, 11) is 0. The number of nitrogens with zero attached hydrogens (tertiary/aromatic N) is 1. The Balaban J connectivity index is 2.25. The van der Waals surface area contributed by atoms with Crippen LogP contribution >= 0.6 is 23.2 Å². The predicted octanol–water partition coefficient (Wildman–Crippen LogP) is 3.33. The molecule has 5 heteroatoms. The summed E-state index contributed by atoms with van der Waals surface area (Å²) in [6, 6.07) is 0. The van der Waals surface area contributed by atoms with Crippen molar-refractivity contribution in [3.63, 3.8) is 0 Å². The first kappa shape index (κ1) is 10.4. The third kappa shape index (κ3) is 1.16. The summed E-state index contributed by atoms with van der Waals surface area (Å²) in [4.78, 5) is 2.10. The molecule has 0 aliphatic carbocycles. The van der Waals surface area contributed by atoms with Crippen LogP contribution < -0.4 is 9.64 Å². The standard InChI is InChI=1S/C11H11Cl2NO2/c1-5-7(12)10(15)8(13)9-11(5)16-6-3-2-4-14(6)9/h6,15H,2-4H2,1H3. The molecule has 0 amide bonds. The molecule has 0 spiro atoms. The summed E-state index contributed by atoms with van der Waals surface area (Å²) in [6.45, 7) is 2.75. The van der Waals surface area contributed by atoms with Gasteiger partial charge in [0.2, 0.25) is 0 Å². The minimum Gasteiger partial charge on any atom is -0.505 e. The summed E-state index contributed by atoms with van der Waals surface area (Å²) in [5, 5.41) is 10.4. The maximum absolute atomic E-state index is 9.83. The minimum absolute atomic E-state index is 0.0456. The molecular formula is C11H11Cl2NO2. The molecule has 1 unspecified atom stereocenters. The third-order valence-corrected chi connectivity index (χ3v) is 4.07. The Morgan fingerprint density at radius 3 is 2.88 bits per heavy atom. The van der Waals surface area contributed by atoms with E-state index >= 15 is 0 Å². The molecule has 2 heterocycles. The molecule has 16 heavy (non-hydrogen) atoms. The fourth-order valence-electron chi connectivity index (χ4n) is 2.41. The fourth-order valence-corrected chi connectivity index (χ4v) is 2.93. The van der Waals surface area contributed by atoms with Crippen molar-refractivity contribution in [1.29, 1.82) is 0 Å². The molecule has 0 aromatic heterocycles. The van der Waals surface area contributed by atoms with E-state index in [0.29, 0.717) is 5.02 Å². The predicted molar refractivity (Wildman–Crippen MR) is 63.9 cm³/mol. The van der Waals surface area contributed by atoms with E-state index in [-0.39, 0.29) is 17.0 Å². The van der Waals surface area contributed by atoms with Crippen LogP contribution in [0.2, 0.25) is 10.0 Å². The van der Waals surface area contributed by atoms with Gasteiger partial charge in [0.05, 0.1) is 5.02 Å². The summed E-state index contributed by atoms with van der Waals surface area (Å²) in [5.74, 6) is 0.674. The number of anilines is 1. The number of rotatable bonds is 0.